The van der Waals surface area contributed by atoms with E-state index < -0.39 is 0 Å². The standard InChI is InChI=1S/C14H16ClFO3S/c1-18-11-7-10(16)13(6-9(11)15)20-12-5-3-4-8(12)14(17)19-2/h6-8,12H,3-5H2,1-2H3. The summed E-state index contributed by atoms with van der Waals surface area (Å²) < 4.78 is 23.8. The summed E-state index contributed by atoms with van der Waals surface area (Å²) in [6.45, 7) is 0. The van der Waals surface area contributed by atoms with Crippen LogP contribution in [0.1, 0.15) is 19.3 Å². The first kappa shape index (κ1) is 15.4. The number of esters is 1. The minimum absolute atomic E-state index is 0.0291. The van der Waals surface area contributed by atoms with Gasteiger partial charge in [0.05, 0.1) is 25.2 Å². The molecule has 1 aromatic rings. The number of hydrogen-bond acceptors (Lipinski definition) is 4. The van der Waals surface area contributed by atoms with Crippen molar-refractivity contribution in [3.05, 3.63) is 23.0 Å². The highest BCUT2D eigenvalue weighted by atomic mass is 35.5. The van der Waals surface area contributed by atoms with Gasteiger partial charge in [-0.15, -0.1) is 11.8 Å². The topological polar surface area (TPSA) is 35.5 Å². The van der Waals surface area contributed by atoms with Gasteiger partial charge in [-0.3, -0.25) is 4.79 Å². The van der Waals surface area contributed by atoms with E-state index in [1.54, 1.807) is 6.07 Å². The van der Waals surface area contributed by atoms with Crippen LogP contribution in [-0.2, 0) is 9.53 Å². The predicted molar refractivity (Wildman–Crippen MR) is 77.0 cm³/mol. The van der Waals surface area contributed by atoms with Crippen LogP contribution >= 0.6 is 23.4 Å². The number of rotatable bonds is 4. The molecule has 0 aromatic heterocycles. The molecule has 1 fully saturated rings. The number of ether oxygens (including phenoxy) is 2. The Bertz CT molecular complexity index is 509. The monoisotopic (exact) mass is 318 g/mol. The summed E-state index contributed by atoms with van der Waals surface area (Å²) in [4.78, 5) is 12.1. The first-order valence-electron chi connectivity index (χ1n) is 6.34. The first-order chi connectivity index (χ1) is 9.56. The Kier molecular flexibility index (Phi) is 5.16. The van der Waals surface area contributed by atoms with E-state index in [9.17, 15) is 9.18 Å². The van der Waals surface area contributed by atoms with E-state index in [1.807, 2.05) is 0 Å². The SMILES string of the molecule is COC(=O)C1CCCC1Sc1cc(Cl)c(OC)cc1F. The summed E-state index contributed by atoms with van der Waals surface area (Å²) in [7, 11) is 2.82. The molecule has 1 saturated carbocycles. The van der Waals surface area contributed by atoms with Gasteiger partial charge in [-0.2, -0.15) is 0 Å². The second kappa shape index (κ2) is 6.68. The third-order valence-electron chi connectivity index (χ3n) is 3.44. The first-order valence-corrected chi connectivity index (χ1v) is 7.60. The lowest BCUT2D eigenvalue weighted by Gasteiger charge is -2.17. The zero-order valence-electron chi connectivity index (χ0n) is 11.3. The quantitative estimate of drug-likeness (QED) is 0.788. The number of hydrogen-bond donors (Lipinski definition) is 0. The Hall–Kier alpha value is -0.940. The van der Waals surface area contributed by atoms with Crippen molar-refractivity contribution in [2.24, 2.45) is 5.92 Å². The van der Waals surface area contributed by atoms with Crippen LogP contribution in [0.3, 0.4) is 0 Å². The summed E-state index contributed by atoms with van der Waals surface area (Å²) in [5.74, 6) is -0.471. The molecule has 1 aromatic carbocycles. The number of carbonyl (C=O) groups excluding carboxylic acids is 1. The number of benzene rings is 1. The molecule has 1 aliphatic rings. The van der Waals surface area contributed by atoms with Crippen molar-refractivity contribution in [2.45, 2.75) is 29.4 Å². The lowest BCUT2D eigenvalue weighted by atomic mass is 10.1. The fourth-order valence-electron chi connectivity index (χ4n) is 2.41. The van der Waals surface area contributed by atoms with E-state index in [4.69, 9.17) is 21.1 Å². The smallest absolute Gasteiger partial charge is 0.309 e. The molecule has 0 aliphatic heterocycles. The van der Waals surface area contributed by atoms with Crippen LogP contribution in [0.25, 0.3) is 0 Å². The predicted octanol–water partition coefficient (Wildman–Crippen LogP) is 3.92. The van der Waals surface area contributed by atoms with Gasteiger partial charge in [0.25, 0.3) is 0 Å². The van der Waals surface area contributed by atoms with Crippen LogP contribution in [0.15, 0.2) is 17.0 Å². The van der Waals surface area contributed by atoms with E-state index in [0.717, 1.165) is 19.3 Å². The van der Waals surface area contributed by atoms with Gasteiger partial charge in [0, 0.05) is 16.2 Å². The van der Waals surface area contributed by atoms with Crippen molar-refractivity contribution < 1.29 is 18.7 Å². The molecule has 110 valence electrons. The van der Waals surface area contributed by atoms with Crippen molar-refractivity contribution >= 4 is 29.3 Å². The molecular formula is C14H16ClFO3S. The maximum absolute atomic E-state index is 14.0. The zero-order chi connectivity index (χ0) is 14.7. The van der Waals surface area contributed by atoms with Crippen molar-refractivity contribution in [2.75, 3.05) is 14.2 Å². The van der Waals surface area contributed by atoms with Crippen molar-refractivity contribution in [3.63, 3.8) is 0 Å². The summed E-state index contributed by atoms with van der Waals surface area (Å²) in [6.07, 6.45) is 2.60. The molecule has 0 bridgehead atoms. The van der Waals surface area contributed by atoms with Gasteiger partial charge in [-0.1, -0.05) is 18.0 Å². The molecular weight excluding hydrogens is 303 g/mol. The van der Waals surface area contributed by atoms with Gasteiger partial charge < -0.3 is 9.47 Å². The molecule has 0 spiro atoms. The average Bonchev–Trinajstić information content (AvgIpc) is 2.89. The maximum atomic E-state index is 14.0. The van der Waals surface area contributed by atoms with Gasteiger partial charge in [0.1, 0.15) is 11.6 Å². The third-order valence-corrected chi connectivity index (χ3v) is 5.17. The molecule has 0 heterocycles. The van der Waals surface area contributed by atoms with Gasteiger partial charge in [0.2, 0.25) is 0 Å². The highest BCUT2D eigenvalue weighted by molar-refractivity contribution is 8.00. The summed E-state index contributed by atoms with van der Waals surface area (Å²) in [5, 5.41) is 0.394. The Labute approximate surface area is 126 Å². The maximum Gasteiger partial charge on any atom is 0.309 e. The molecule has 2 atom stereocenters. The largest absolute Gasteiger partial charge is 0.495 e. The Morgan fingerprint density at radius 1 is 1.40 bits per heavy atom. The molecule has 6 heteroatoms. The van der Waals surface area contributed by atoms with Crippen LogP contribution in [-0.4, -0.2) is 25.4 Å². The second-order valence-electron chi connectivity index (χ2n) is 4.63. The molecule has 1 aliphatic carbocycles. The van der Waals surface area contributed by atoms with Crippen LogP contribution in [0, 0.1) is 11.7 Å². The van der Waals surface area contributed by atoms with Gasteiger partial charge in [-0.05, 0) is 18.9 Å². The van der Waals surface area contributed by atoms with E-state index in [0.29, 0.717) is 15.7 Å². The highest BCUT2D eigenvalue weighted by Gasteiger charge is 2.35. The molecule has 0 saturated heterocycles. The lowest BCUT2D eigenvalue weighted by Crippen LogP contribution is -2.22. The highest BCUT2D eigenvalue weighted by Crippen LogP contribution is 2.42. The molecule has 0 amide bonds. The molecule has 0 N–H and O–H groups in total. The van der Waals surface area contributed by atoms with Crippen LogP contribution in [0.2, 0.25) is 5.02 Å². The number of methoxy groups -OCH3 is 2. The summed E-state index contributed by atoms with van der Waals surface area (Å²) in [5.41, 5.74) is 0. The molecule has 0 radical (unpaired) electrons. The Morgan fingerprint density at radius 2 is 2.15 bits per heavy atom. The minimum Gasteiger partial charge on any atom is -0.495 e. The van der Waals surface area contributed by atoms with E-state index in [1.165, 1.54) is 32.0 Å². The molecule has 2 unspecified atom stereocenters. The second-order valence-corrected chi connectivity index (χ2v) is 6.32. The van der Waals surface area contributed by atoms with Crippen LogP contribution in [0.5, 0.6) is 5.75 Å². The number of thioether (sulfide) groups is 1. The summed E-state index contributed by atoms with van der Waals surface area (Å²) >= 11 is 7.36. The normalized spacial score (nSPS) is 21.8. The lowest BCUT2D eigenvalue weighted by molar-refractivity contribution is -0.144. The van der Waals surface area contributed by atoms with Gasteiger partial charge in [0.15, 0.2) is 0 Å². The molecule has 20 heavy (non-hydrogen) atoms. The summed E-state index contributed by atoms with van der Waals surface area (Å²) in [6, 6.07) is 2.82. The van der Waals surface area contributed by atoms with Gasteiger partial charge in [-0.25, -0.2) is 4.39 Å². The number of carbonyl (C=O) groups is 1. The Balaban J connectivity index is 2.17. The average molecular weight is 319 g/mol. The van der Waals surface area contributed by atoms with E-state index in [2.05, 4.69) is 0 Å². The number of halogens is 2. The Morgan fingerprint density at radius 3 is 2.80 bits per heavy atom. The van der Waals surface area contributed by atoms with Crippen molar-refractivity contribution in [1.29, 1.82) is 0 Å². The molecule has 3 nitrogen and oxygen atoms in total. The van der Waals surface area contributed by atoms with Crippen molar-refractivity contribution in [3.8, 4) is 5.75 Å². The van der Waals surface area contributed by atoms with Crippen molar-refractivity contribution in [1.82, 2.24) is 0 Å². The zero-order valence-corrected chi connectivity index (χ0v) is 12.9. The minimum atomic E-state index is -0.383. The fourth-order valence-corrected chi connectivity index (χ4v) is 4.09. The van der Waals surface area contributed by atoms with Gasteiger partial charge >= 0.3 is 5.97 Å². The fraction of sp³-hybridized carbons (Fsp3) is 0.500. The van der Waals surface area contributed by atoms with Crippen LogP contribution < -0.4 is 4.74 Å². The third kappa shape index (κ3) is 3.20. The molecule has 2 rings (SSSR count). The van der Waals surface area contributed by atoms with E-state index >= 15 is 0 Å². The van der Waals surface area contributed by atoms with E-state index in [-0.39, 0.29) is 23.0 Å². The van der Waals surface area contributed by atoms with Crippen LogP contribution in [0.4, 0.5) is 4.39 Å².